The monoisotopic (exact) mass is 484 g/mol. The van der Waals surface area contributed by atoms with Crippen LogP contribution in [0.1, 0.15) is 70.4 Å². The van der Waals surface area contributed by atoms with Crippen LogP contribution in [0.5, 0.6) is 0 Å². The quantitative estimate of drug-likeness (QED) is 0.375. The topological polar surface area (TPSA) is 124 Å². The molecular weight excluding hydrogens is 448 g/mol. The van der Waals surface area contributed by atoms with Crippen LogP contribution >= 0.6 is 0 Å². The molecule has 186 valence electrons. The van der Waals surface area contributed by atoms with E-state index in [1.165, 1.54) is 0 Å². The molecule has 0 heterocycles. The van der Waals surface area contributed by atoms with Crippen LogP contribution in [-0.4, -0.2) is 56.2 Å². The molecule has 0 fully saturated rings. The van der Waals surface area contributed by atoms with Crippen molar-refractivity contribution in [3.8, 4) is 0 Å². The second kappa shape index (κ2) is 13.3. The molecule has 0 saturated carbocycles. The number of esters is 2. The molecule has 9 heteroatoms. The number of carboxylic acid groups (broad SMARTS) is 1. The minimum Gasteiger partial charge on any atom is -0.481 e. The summed E-state index contributed by atoms with van der Waals surface area (Å²) in [4.78, 5) is 35.0. The van der Waals surface area contributed by atoms with Crippen LogP contribution in [0.4, 0.5) is 0 Å². The standard InChI is InChI=1S/C24H36O8S/c1-5-31-21(25)13-12-18-9-7-10-19(15-18)20(23(27)28)11-8-14-24(3,4)17-33(29,30)16-22(26)32-6-2/h7,9-10,15,20H,5-6,8,11-14,16-17H2,1-4H3,(H,27,28). The van der Waals surface area contributed by atoms with Crippen molar-refractivity contribution in [2.75, 3.05) is 24.7 Å². The van der Waals surface area contributed by atoms with Crippen molar-refractivity contribution < 1.29 is 37.4 Å². The van der Waals surface area contributed by atoms with E-state index < -0.39 is 38.9 Å². The van der Waals surface area contributed by atoms with Crippen LogP contribution in [0.2, 0.25) is 0 Å². The van der Waals surface area contributed by atoms with E-state index in [1.54, 1.807) is 45.9 Å². The van der Waals surface area contributed by atoms with Gasteiger partial charge in [-0.25, -0.2) is 8.42 Å². The van der Waals surface area contributed by atoms with Crippen molar-refractivity contribution in [1.82, 2.24) is 0 Å². The summed E-state index contributed by atoms with van der Waals surface area (Å²) in [5.74, 6) is -3.58. The lowest BCUT2D eigenvalue weighted by molar-refractivity contribution is -0.143. The lowest BCUT2D eigenvalue weighted by Crippen LogP contribution is -2.29. The molecule has 0 bridgehead atoms. The number of ether oxygens (including phenoxy) is 2. The van der Waals surface area contributed by atoms with Crippen LogP contribution in [-0.2, 0) is 40.1 Å². The predicted molar refractivity (Wildman–Crippen MR) is 125 cm³/mol. The van der Waals surface area contributed by atoms with Crippen molar-refractivity contribution in [1.29, 1.82) is 0 Å². The van der Waals surface area contributed by atoms with Gasteiger partial charge in [0.1, 0.15) is 5.75 Å². The molecule has 1 aromatic carbocycles. The number of aliphatic carboxylic acids is 1. The molecule has 0 aliphatic rings. The van der Waals surface area contributed by atoms with E-state index in [1.807, 2.05) is 6.07 Å². The second-order valence-electron chi connectivity index (χ2n) is 8.83. The van der Waals surface area contributed by atoms with E-state index in [2.05, 4.69) is 0 Å². The zero-order valence-corrected chi connectivity index (χ0v) is 20.8. The molecule has 1 rings (SSSR count). The Morgan fingerprint density at radius 2 is 1.70 bits per heavy atom. The van der Waals surface area contributed by atoms with Gasteiger partial charge in [0.2, 0.25) is 0 Å². The first-order valence-corrected chi connectivity index (χ1v) is 13.0. The third kappa shape index (κ3) is 11.3. The Balaban J connectivity index is 2.73. The average Bonchev–Trinajstić information content (AvgIpc) is 2.68. The highest BCUT2D eigenvalue weighted by Crippen LogP contribution is 2.30. The van der Waals surface area contributed by atoms with Gasteiger partial charge in [-0.15, -0.1) is 0 Å². The van der Waals surface area contributed by atoms with Crippen molar-refractivity contribution >= 4 is 27.7 Å². The maximum atomic E-state index is 12.3. The number of carboxylic acids is 1. The molecule has 33 heavy (non-hydrogen) atoms. The zero-order chi connectivity index (χ0) is 25.1. The summed E-state index contributed by atoms with van der Waals surface area (Å²) in [6, 6.07) is 7.17. The maximum Gasteiger partial charge on any atom is 0.321 e. The summed E-state index contributed by atoms with van der Waals surface area (Å²) in [5, 5.41) is 9.75. The molecule has 1 N–H and O–H groups in total. The first kappa shape index (κ1) is 28.6. The highest BCUT2D eigenvalue weighted by atomic mass is 32.2. The van der Waals surface area contributed by atoms with E-state index in [0.29, 0.717) is 37.9 Å². The van der Waals surface area contributed by atoms with Gasteiger partial charge >= 0.3 is 17.9 Å². The first-order valence-electron chi connectivity index (χ1n) is 11.2. The number of aryl methyl sites for hydroxylation is 1. The predicted octanol–water partition coefficient (Wildman–Crippen LogP) is 3.52. The summed E-state index contributed by atoms with van der Waals surface area (Å²) in [5.41, 5.74) is 0.893. The van der Waals surface area contributed by atoms with Crippen molar-refractivity contribution in [2.24, 2.45) is 5.41 Å². The van der Waals surface area contributed by atoms with Gasteiger partial charge in [-0.05, 0) is 49.7 Å². The van der Waals surface area contributed by atoms with Gasteiger partial charge in [-0.2, -0.15) is 0 Å². The highest BCUT2D eigenvalue weighted by molar-refractivity contribution is 7.92. The summed E-state index contributed by atoms with van der Waals surface area (Å²) in [6.07, 6.45) is 2.03. The van der Waals surface area contributed by atoms with E-state index in [4.69, 9.17) is 9.47 Å². The highest BCUT2D eigenvalue weighted by Gasteiger charge is 2.29. The Morgan fingerprint density at radius 1 is 1.06 bits per heavy atom. The van der Waals surface area contributed by atoms with E-state index in [9.17, 15) is 27.9 Å². The van der Waals surface area contributed by atoms with Crippen LogP contribution in [0.25, 0.3) is 0 Å². The smallest absolute Gasteiger partial charge is 0.321 e. The van der Waals surface area contributed by atoms with Crippen molar-refractivity contribution in [2.45, 2.75) is 65.7 Å². The van der Waals surface area contributed by atoms with Crippen molar-refractivity contribution in [3.63, 3.8) is 0 Å². The fourth-order valence-corrected chi connectivity index (χ4v) is 5.64. The van der Waals surface area contributed by atoms with Gasteiger partial charge < -0.3 is 14.6 Å². The minimum atomic E-state index is -3.63. The number of benzene rings is 1. The Morgan fingerprint density at radius 3 is 2.30 bits per heavy atom. The molecule has 0 spiro atoms. The molecule has 0 aromatic heterocycles. The molecule has 8 nitrogen and oxygen atoms in total. The van der Waals surface area contributed by atoms with Crippen LogP contribution in [0.3, 0.4) is 0 Å². The number of hydrogen-bond donors (Lipinski definition) is 1. The van der Waals surface area contributed by atoms with Crippen LogP contribution in [0.15, 0.2) is 24.3 Å². The van der Waals surface area contributed by atoms with E-state index >= 15 is 0 Å². The van der Waals surface area contributed by atoms with Gasteiger partial charge in [0, 0.05) is 6.42 Å². The van der Waals surface area contributed by atoms with Crippen molar-refractivity contribution in [3.05, 3.63) is 35.4 Å². The largest absolute Gasteiger partial charge is 0.481 e. The Bertz CT molecular complexity index is 905. The molecule has 0 radical (unpaired) electrons. The number of carbonyl (C=O) groups excluding carboxylic acids is 2. The summed E-state index contributed by atoms with van der Waals surface area (Å²) in [7, 11) is -3.63. The number of rotatable bonds is 15. The fourth-order valence-electron chi connectivity index (χ4n) is 3.76. The Hall–Kier alpha value is -2.42. The summed E-state index contributed by atoms with van der Waals surface area (Å²) in [6.45, 7) is 7.39. The summed E-state index contributed by atoms with van der Waals surface area (Å²) < 4.78 is 34.3. The minimum absolute atomic E-state index is 0.123. The Kier molecular flexibility index (Phi) is 11.6. The lowest BCUT2D eigenvalue weighted by Gasteiger charge is -2.25. The van der Waals surface area contributed by atoms with Gasteiger partial charge in [-0.3, -0.25) is 14.4 Å². The fraction of sp³-hybridized carbons (Fsp3) is 0.625. The molecule has 1 aromatic rings. The average molecular weight is 485 g/mol. The molecule has 1 unspecified atom stereocenters. The molecule has 0 saturated heterocycles. The van der Waals surface area contributed by atoms with Crippen LogP contribution < -0.4 is 0 Å². The molecule has 0 aliphatic heterocycles. The van der Waals surface area contributed by atoms with Gasteiger partial charge in [-0.1, -0.05) is 44.5 Å². The van der Waals surface area contributed by atoms with Gasteiger partial charge in [0.05, 0.1) is 24.9 Å². The maximum absolute atomic E-state index is 12.3. The lowest BCUT2D eigenvalue weighted by atomic mass is 9.85. The second-order valence-corrected chi connectivity index (χ2v) is 10.9. The third-order valence-electron chi connectivity index (χ3n) is 5.17. The third-order valence-corrected chi connectivity index (χ3v) is 7.07. The first-order chi connectivity index (χ1) is 15.4. The number of sulfone groups is 1. The Labute approximate surface area is 196 Å². The van der Waals surface area contributed by atoms with Gasteiger partial charge in [0.15, 0.2) is 9.84 Å². The van der Waals surface area contributed by atoms with Gasteiger partial charge in [0.25, 0.3) is 0 Å². The number of carbonyl (C=O) groups is 3. The van der Waals surface area contributed by atoms with E-state index in [0.717, 1.165) is 5.56 Å². The normalized spacial score (nSPS) is 12.7. The number of hydrogen-bond acceptors (Lipinski definition) is 7. The van der Waals surface area contributed by atoms with E-state index in [-0.39, 0.29) is 24.7 Å². The molecule has 0 amide bonds. The molecular formula is C24H36O8S. The summed E-state index contributed by atoms with van der Waals surface area (Å²) >= 11 is 0. The molecule has 0 aliphatic carbocycles. The van der Waals surface area contributed by atoms with Crippen LogP contribution in [0, 0.1) is 5.41 Å². The zero-order valence-electron chi connectivity index (χ0n) is 20.0. The molecule has 1 atom stereocenters. The SMILES string of the molecule is CCOC(=O)CCc1cccc(C(CCCC(C)(C)CS(=O)(=O)CC(=O)OCC)C(=O)O)c1.